The third-order valence-corrected chi connectivity index (χ3v) is 3.51. The molecule has 0 aliphatic carbocycles. The van der Waals surface area contributed by atoms with Crippen LogP contribution in [0.5, 0.6) is 11.5 Å². The maximum Gasteiger partial charge on any atom is 0.150 e. The fourth-order valence-corrected chi connectivity index (χ4v) is 2.33. The van der Waals surface area contributed by atoms with Gasteiger partial charge in [0, 0.05) is 0 Å². The number of hydrogen-bond donors (Lipinski definition) is 0. The van der Waals surface area contributed by atoms with Gasteiger partial charge in [-0.2, -0.15) is 0 Å². The van der Waals surface area contributed by atoms with Gasteiger partial charge in [0.2, 0.25) is 0 Å². The van der Waals surface area contributed by atoms with Gasteiger partial charge < -0.3 is 9.47 Å². The molecule has 0 amide bonds. The molecule has 2 aromatic carbocycles. The van der Waals surface area contributed by atoms with Crippen LogP contribution in [0.15, 0.2) is 73.8 Å². The van der Waals surface area contributed by atoms with Crippen LogP contribution in [0.3, 0.4) is 0 Å². The summed E-state index contributed by atoms with van der Waals surface area (Å²) in [5, 5.41) is 0. The van der Waals surface area contributed by atoms with E-state index in [1.807, 2.05) is 60.7 Å². The average molecular weight is 342 g/mol. The average Bonchev–Trinajstić information content (AvgIpc) is 2.67. The van der Waals surface area contributed by atoms with Crippen LogP contribution in [0.1, 0.15) is 11.1 Å². The zero-order chi connectivity index (χ0) is 18.5. The van der Waals surface area contributed by atoms with Gasteiger partial charge in [0.15, 0.2) is 0 Å². The van der Waals surface area contributed by atoms with Crippen molar-refractivity contribution < 1.29 is 9.47 Å². The molecule has 0 aliphatic heterocycles. The van der Waals surface area contributed by atoms with Crippen LogP contribution in [0.4, 0.5) is 0 Å². The smallest absolute Gasteiger partial charge is 0.150 e. The summed E-state index contributed by atoms with van der Waals surface area (Å²) < 4.78 is 11.4. The van der Waals surface area contributed by atoms with E-state index in [9.17, 15) is 0 Å². The fourth-order valence-electron chi connectivity index (χ4n) is 2.33. The molecule has 0 aliphatic rings. The van der Waals surface area contributed by atoms with Crippen molar-refractivity contribution >= 4 is 0 Å². The van der Waals surface area contributed by atoms with Crippen molar-refractivity contribution in [2.24, 2.45) is 0 Å². The maximum absolute atomic E-state index is 5.68. The molecule has 26 heavy (non-hydrogen) atoms. The van der Waals surface area contributed by atoms with Gasteiger partial charge in [-0.15, -0.1) is 13.2 Å². The van der Waals surface area contributed by atoms with Gasteiger partial charge >= 0.3 is 0 Å². The molecule has 0 saturated carbocycles. The molecular weight excluding hydrogens is 320 g/mol. The first-order valence-corrected chi connectivity index (χ1v) is 8.44. The van der Waals surface area contributed by atoms with Gasteiger partial charge in [-0.3, -0.25) is 0 Å². The molecule has 2 aromatic rings. The third kappa shape index (κ3) is 6.27. The predicted octanol–water partition coefficient (Wildman–Crippen LogP) is 4.61. The summed E-state index contributed by atoms with van der Waals surface area (Å²) in [6.07, 6.45) is 5.25. The number of hydrogen-bond acceptors (Lipinski definition) is 2. The maximum atomic E-state index is 5.68. The summed E-state index contributed by atoms with van der Waals surface area (Å²) in [5.41, 5.74) is 2.20. The lowest BCUT2D eigenvalue weighted by molar-refractivity contribution is 0.366. The van der Waals surface area contributed by atoms with Crippen molar-refractivity contribution in [1.29, 1.82) is 0 Å². The Bertz CT molecular complexity index is 783. The Morgan fingerprint density at radius 2 is 1.12 bits per heavy atom. The summed E-state index contributed by atoms with van der Waals surface area (Å²) >= 11 is 0. The summed E-state index contributed by atoms with van der Waals surface area (Å²) in [5.74, 6) is 13.0. The second-order valence-corrected chi connectivity index (χ2v) is 5.38. The SMILES string of the molecule is C=CCc1ccccc1OCC#CC#CCOc1ccccc1CC=C. The van der Waals surface area contributed by atoms with Crippen LogP contribution >= 0.6 is 0 Å². The molecule has 0 N–H and O–H groups in total. The van der Waals surface area contributed by atoms with Crippen LogP contribution in [-0.4, -0.2) is 13.2 Å². The third-order valence-electron chi connectivity index (χ3n) is 3.51. The number of para-hydroxylation sites is 2. The summed E-state index contributed by atoms with van der Waals surface area (Å²) in [7, 11) is 0. The first kappa shape index (κ1) is 19.0. The minimum absolute atomic E-state index is 0.297. The summed E-state index contributed by atoms with van der Waals surface area (Å²) in [4.78, 5) is 0. The van der Waals surface area contributed by atoms with Crippen LogP contribution in [0, 0.1) is 23.7 Å². The fraction of sp³-hybridized carbons (Fsp3) is 0.167. The van der Waals surface area contributed by atoms with E-state index in [2.05, 4.69) is 36.8 Å². The molecule has 0 unspecified atom stereocenters. The van der Waals surface area contributed by atoms with Crippen molar-refractivity contribution in [1.82, 2.24) is 0 Å². The predicted molar refractivity (Wildman–Crippen MR) is 107 cm³/mol. The standard InChI is InChI=1S/C24H22O2/c1-3-13-21-15-7-9-17-23(21)25-19-11-5-6-12-20-26-24-18-10-8-16-22(24)14-4-2/h3-4,7-10,15-18H,1-2,13-14,19-20H2. The van der Waals surface area contributed by atoms with Gasteiger partial charge in [-0.1, -0.05) is 48.6 Å². The zero-order valence-corrected chi connectivity index (χ0v) is 14.8. The minimum atomic E-state index is 0.297. The molecule has 0 radical (unpaired) electrons. The monoisotopic (exact) mass is 342 g/mol. The van der Waals surface area contributed by atoms with Gasteiger partial charge in [0.25, 0.3) is 0 Å². The Balaban J connectivity index is 1.80. The van der Waals surface area contributed by atoms with E-state index in [-0.39, 0.29) is 0 Å². The highest BCUT2D eigenvalue weighted by Gasteiger charge is 2.00. The highest BCUT2D eigenvalue weighted by molar-refractivity contribution is 5.36. The lowest BCUT2D eigenvalue weighted by atomic mass is 10.1. The Morgan fingerprint density at radius 3 is 1.54 bits per heavy atom. The molecule has 0 atom stereocenters. The lowest BCUT2D eigenvalue weighted by Gasteiger charge is -2.07. The van der Waals surface area contributed by atoms with Gasteiger partial charge in [-0.25, -0.2) is 0 Å². The van der Waals surface area contributed by atoms with E-state index in [0.717, 1.165) is 35.5 Å². The van der Waals surface area contributed by atoms with E-state index >= 15 is 0 Å². The van der Waals surface area contributed by atoms with E-state index in [4.69, 9.17) is 9.47 Å². The van der Waals surface area contributed by atoms with Crippen LogP contribution in [0.2, 0.25) is 0 Å². The van der Waals surface area contributed by atoms with Gasteiger partial charge in [0.1, 0.15) is 24.7 Å². The number of benzene rings is 2. The van der Waals surface area contributed by atoms with Crippen molar-refractivity contribution in [3.63, 3.8) is 0 Å². The molecule has 0 saturated heterocycles. The molecule has 0 fully saturated rings. The largest absolute Gasteiger partial charge is 0.481 e. The first-order valence-electron chi connectivity index (χ1n) is 8.44. The number of ether oxygens (including phenoxy) is 2. The second kappa shape index (κ2) is 11.2. The van der Waals surface area contributed by atoms with Crippen LogP contribution in [0.25, 0.3) is 0 Å². The number of allylic oxidation sites excluding steroid dienone is 2. The molecule has 0 spiro atoms. The highest BCUT2D eigenvalue weighted by atomic mass is 16.5. The van der Waals surface area contributed by atoms with E-state index in [0.29, 0.717) is 13.2 Å². The second-order valence-electron chi connectivity index (χ2n) is 5.38. The molecule has 2 heteroatoms. The van der Waals surface area contributed by atoms with Crippen molar-refractivity contribution in [3.8, 4) is 35.2 Å². The topological polar surface area (TPSA) is 18.5 Å². The molecular formula is C24H22O2. The van der Waals surface area contributed by atoms with Crippen LogP contribution in [-0.2, 0) is 12.8 Å². The Kier molecular flexibility index (Phi) is 8.20. The van der Waals surface area contributed by atoms with Gasteiger partial charge in [-0.05, 0) is 59.8 Å². The van der Waals surface area contributed by atoms with Crippen LogP contribution < -0.4 is 9.47 Å². The Labute approximate surface area is 156 Å². The summed E-state index contributed by atoms with van der Waals surface area (Å²) in [6.45, 7) is 8.10. The van der Waals surface area contributed by atoms with E-state index < -0.39 is 0 Å². The lowest BCUT2D eigenvalue weighted by Crippen LogP contribution is -1.98. The van der Waals surface area contributed by atoms with Crippen molar-refractivity contribution in [2.75, 3.05) is 13.2 Å². The molecule has 0 aromatic heterocycles. The first-order chi connectivity index (χ1) is 12.8. The van der Waals surface area contributed by atoms with E-state index in [1.165, 1.54) is 0 Å². The molecule has 2 nitrogen and oxygen atoms in total. The minimum Gasteiger partial charge on any atom is -0.481 e. The molecule has 0 bridgehead atoms. The Hall–Kier alpha value is -3.36. The highest BCUT2D eigenvalue weighted by Crippen LogP contribution is 2.19. The van der Waals surface area contributed by atoms with E-state index in [1.54, 1.807) is 0 Å². The normalized spacial score (nSPS) is 9.08. The Morgan fingerprint density at radius 1 is 0.692 bits per heavy atom. The summed E-state index contributed by atoms with van der Waals surface area (Å²) in [6, 6.07) is 15.7. The number of rotatable bonds is 8. The molecule has 130 valence electrons. The molecule has 0 heterocycles. The quantitative estimate of drug-likeness (QED) is 0.515. The van der Waals surface area contributed by atoms with Crippen molar-refractivity contribution in [3.05, 3.63) is 85.0 Å². The molecule has 2 rings (SSSR count). The van der Waals surface area contributed by atoms with Crippen molar-refractivity contribution in [2.45, 2.75) is 12.8 Å². The zero-order valence-electron chi connectivity index (χ0n) is 14.8. The van der Waals surface area contributed by atoms with Gasteiger partial charge in [0.05, 0.1) is 0 Å².